The molecule has 0 saturated heterocycles. The monoisotopic (exact) mass is 322 g/mol. The Morgan fingerprint density at radius 2 is 1.95 bits per heavy atom. The van der Waals surface area contributed by atoms with Crippen LogP contribution >= 0.6 is 11.6 Å². The van der Waals surface area contributed by atoms with E-state index in [2.05, 4.69) is 10.6 Å². The van der Waals surface area contributed by atoms with Gasteiger partial charge in [0.25, 0.3) is 0 Å². The molecule has 0 unspecified atom stereocenters. The highest BCUT2D eigenvalue weighted by atomic mass is 35.5. The van der Waals surface area contributed by atoms with Gasteiger partial charge in [0.05, 0.1) is 24.2 Å². The van der Waals surface area contributed by atoms with Gasteiger partial charge in [-0.2, -0.15) is 0 Å². The van der Waals surface area contributed by atoms with E-state index in [0.717, 1.165) is 0 Å². The number of anilines is 1. The first-order chi connectivity index (χ1) is 10.6. The number of rotatable bonds is 6. The van der Waals surface area contributed by atoms with Gasteiger partial charge < -0.3 is 10.4 Å². The molecule has 3 N–H and O–H groups in total. The Balaban J connectivity index is 1.93. The third-order valence-electron chi connectivity index (χ3n) is 3.10. The molecule has 0 fully saturated rings. The summed E-state index contributed by atoms with van der Waals surface area (Å²) in [6.45, 7) is -0.274. The standard InChI is InChI=1S/C16H16ClFN2O2/c17-13-7-6-11(8-14(13)18)15(10-21)19-9-16(22)20-12-4-2-1-3-5-12/h1-8,15,19,21H,9-10H2,(H,20,22)/t15-/m1/s1. The SMILES string of the molecule is O=C(CN[C@H](CO)c1ccc(Cl)c(F)c1)Nc1ccccc1. The molecule has 2 aromatic rings. The molecule has 0 aliphatic carbocycles. The van der Waals surface area contributed by atoms with E-state index >= 15 is 0 Å². The molecule has 0 saturated carbocycles. The van der Waals surface area contributed by atoms with Gasteiger partial charge in [0.15, 0.2) is 0 Å². The van der Waals surface area contributed by atoms with Crippen molar-refractivity contribution in [1.29, 1.82) is 0 Å². The average Bonchev–Trinajstić information content (AvgIpc) is 2.52. The van der Waals surface area contributed by atoms with Crippen molar-refractivity contribution in [3.05, 3.63) is 64.9 Å². The summed E-state index contributed by atoms with van der Waals surface area (Å²) in [7, 11) is 0. The van der Waals surface area contributed by atoms with Crippen LogP contribution in [0.25, 0.3) is 0 Å². The molecular formula is C16H16ClFN2O2. The Morgan fingerprint density at radius 3 is 2.59 bits per heavy atom. The van der Waals surface area contributed by atoms with Crippen molar-refractivity contribution in [1.82, 2.24) is 5.32 Å². The number of carbonyl (C=O) groups excluding carboxylic acids is 1. The number of halogens is 2. The van der Waals surface area contributed by atoms with Crippen LogP contribution in [-0.2, 0) is 4.79 Å². The highest BCUT2D eigenvalue weighted by molar-refractivity contribution is 6.30. The van der Waals surface area contributed by atoms with Crippen LogP contribution in [0.2, 0.25) is 5.02 Å². The quantitative estimate of drug-likeness (QED) is 0.766. The van der Waals surface area contributed by atoms with Crippen LogP contribution in [0.15, 0.2) is 48.5 Å². The maximum atomic E-state index is 13.4. The van der Waals surface area contributed by atoms with Crippen molar-refractivity contribution in [2.45, 2.75) is 6.04 Å². The lowest BCUT2D eigenvalue weighted by molar-refractivity contribution is -0.115. The molecule has 0 aliphatic rings. The van der Waals surface area contributed by atoms with Crippen LogP contribution in [0.4, 0.5) is 10.1 Å². The Bertz CT molecular complexity index is 637. The highest BCUT2D eigenvalue weighted by Gasteiger charge is 2.13. The zero-order chi connectivity index (χ0) is 15.9. The van der Waals surface area contributed by atoms with Gasteiger partial charge in [-0.1, -0.05) is 35.9 Å². The molecular weight excluding hydrogens is 307 g/mol. The van der Waals surface area contributed by atoms with Crippen molar-refractivity contribution in [3.8, 4) is 0 Å². The second-order valence-electron chi connectivity index (χ2n) is 4.70. The highest BCUT2D eigenvalue weighted by Crippen LogP contribution is 2.20. The molecule has 22 heavy (non-hydrogen) atoms. The summed E-state index contributed by atoms with van der Waals surface area (Å²) < 4.78 is 13.4. The predicted molar refractivity (Wildman–Crippen MR) is 84.3 cm³/mol. The maximum Gasteiger partial charge on any atom is 0.238 e. The normalized spacial score (nSPS) is 12.0. The van der Waals surface area contributed by atoms with Crippen LogP contribution in [-0.4, -0.2) is 24.2 Å². The molecule has 0 heterocycles. The van der Waals surface area contributed by atoms with Crippen molar-refractivity contribution < 1.29 is 14.3 Å². The van der Waals surface area contributed by atoms with E-state index in [1.54, 1.807) is 18.2 Å². The van der Waals surface area contributed by atoms with Crippen LogP contribution in [0.3, 0.4) is 0 Å². The Kier molecular flexibility index (Phi) is 5.89. The third-order valence-corrected chi connectivity index (χ3v) is 3.40. The Hall–Kier alpha value is -1.95. The fourth-order valence-corrected chi connectivity index (χ4v) is 2.08. The zero-order valence-electron chi connectivity index (χ0n) is 11.7. The lowest BCUT2D eigenvalue weighted by Crippen LogP contribution is -2.33. The number of carbonyl (C=O) groups is 1. The van der Waals surface area contributed by atoms with Crippen LogP contribution in [0.1, 0.15) is 11.6 Å². The number of hydrogen-bond donors (Lipinski definition) is 3. The Morgan fingerprint density at radius 1 is 1.23 bits per heavy atom. The third kappa shape index (κ3) is 4.53. The molecule has 0 radical (unpaired) electrons. The summed E-state index contributed by atoms with van der Waals surface area (Å²) in [5.41, 5.74) is 1.21. The summed E-state index contributed by atoms with van der Waals surface area (Å²) in [6.07, 6.45) is 0. The Labute approximate surface area is 132 Å². The number of aliphatic hydroxyl groups is 1. The van der Waals surface area contributed by atoms with Gasteiger partial charge in [-0.25, -0.2) is 4.39 Å². The number of nitrogens with one attached hydrogen (secondary N) is 2. The first-order valence-electron chi connectivity index (χ1n) is 6.74. The van der Waals surface area contributed by atoms with Crippen molar-refractivity contribution in [2.75, 3.05) is 18.5 Å². The van der Waals surface area contributed by atoms with Crippen LogP contribution in [0.5, 0.6) is 0 Å². The maximum absolute atomic E-state index is 13.4. The summed E-state index contributed by atoms with van der Waals surface area (Å²) in [6, 6.07) is 12.7. The van der Waals surface area contributed by atoms with Crippen LogP contribution in [0, 0.1) is 5.82 Å². The number of para-hydroxylation sites is 1. The molecule has 0 bridgehead atoms. The van der Waals surface area contributed by atoms with Gasteiger partial charge in [0, 0.05) is 5.69 Å². The fraction of sp³-hybridized carbons (Fsp3) is 0.188. The first kappa shape index (κ1) is 16.4. The second kappa shape index (κ2) is 7.89. The number of hydrogen-bond acceptors (Lipinski definition) is 3. The second-order valence-corrected chi connectivity index (χ2v) is 5.11. The summed E-state index contributed by atoms with van der Waals surface area (Å²) in [5.74, 6) is -0.813. The average molecular weight is 323 g/mol. The van der Waals surface area contributed by atoms with E-state index in [-0.39, 0.29) is 24.1 Å². The number of aliphatic hydroxyl groups excluding tert-OH is 1. The summed E-state index contributed by atoms with van der Waals surface area (Å²) >= 11 is 5.62. The molecule has 4 nitrogen and oxygen atoms in total. The van der Waals surface area contributed by atoms with E-state index < -0.39 is 11.9 Å². The lowest BCUT2D eigenvalue weighted by atomic mass is 10.1. The van der Waals surface area contributed by atoms with Gasteiger partial charge in [-0.05, 0) is 29.8 Å². The number of benzene rings is 2. The van der Waals surface area contributed by atoms with Crippen molar-refractivity contribution in [3.63, 3.8) is 0 Å². The molecule has 2 rings (SSSR count). The van der Waals surface area contributed by atoms with Gasteiger partial charge in [0.2, 0.25) is 5.91 Å². The summed E-state index contributed by atoms with van der Waals surface area (Å²) in [5, 5.41) is 15.0. The molecule has 1 amide bonds. The van der Waals surface area contributed by atoms with Gasteiger partial charge in [-0.3, -0.25) is 10.1 Å². The predicted octanol–water partition coefficient (Wildman–Crippen LogP) is 2.74. The van der Waals surface area contributed by atoms with Gasteiger partial charge in [0.1, 0.15) is 5.82 Å². The molecule has 0 aliphatic heterocycles. The molecule has 116 valence electrons. The van der Waals surface area contributed by atoms with Gasteiger partial charge >= 0.3 is 0 Å². The minimum atomic E-state index is -0.562. The van der Waals surface area contributed by atoms with Crippen LogP contribution < -0.4 is 10.6 Å². The number of amides is 1. The lowest BCUT2D eigenvalue weighted by Gasteiger charge is -2.17. The van der Waals surface area contributed by atoms with E-state index in [9.17, 15) is 14.3 Å². The van der Waals surface area contributed by atoms with E-state index in [4.69, 9.17) is 11.6 Å². The zero-order valence-corrected chi connectivity index (χ0v) is 12.5. The minimum Gasteiger partial charge on any atom is -0.394 e. The molecule has 2 aromatic carbocycles. The topological polar surface area (TPSA) is 61.4 Å². The molecule has 6 heteroatoms. The van der Waals surface area contributed by atoms with Crippen molar-refractivity contribution in [2.24, 2.45) is 0 Å². The molecule has 1 atom stereocenters. The van der Waals surface area contributed by atoms with E-state index in [0.29, 0.717) is 11.3 Å². The first-order valence-corrected chi connectivity index (χ1v) is 7.12. The fourth-order valence-electron chi connectivity index (χ4n) is 1.96. The van der Waals surface area contributed by atoms with E-state index in [1.165, 1.54) is 12.1 Å². The summed E-state index contributed by atoms with van der Waals surface area (Å²) in [4.78, 5) is 11.8. The smallest absolute Gasteiger partial charge is 0.238 e. The van der Waals surface area contributed by atoms with Gasteiger partial charge in [-0.15, -0.1) is 0 Å². The minimum absolute atomic E-state index is 0.00956. The van der Waals surface area contributed by atoms with Crippen molar-refractivity contribution >= 4 is 23.2 Å². The molecule has 0 aromatic heterocycles. The van der Waals surface area contributed by atoms with E-state index in [1.807, 2.05) is 18.2 Å². The largest absolute Gasteiger partial charge is 0.394 e. The molecule has 0 spiro atoms.